The van der Waals surface area contributed by atoms with Crippen molar-refractivity contribution in [3.63, 3.8) is 0 Å². The number of aliphatic carboxylic acids is 1. The maximum absolute atomic E-state index is 11.5. The fourth-order valence-corrected chi connectivity index (χ4v) is 2.81. The van der Waals surface area contributed by atoms with E-state index < -0.39 is 12.0 Å². The van der Waals surface area contributed by atoms with Crippen LogP contribution in [-0.4, -0.2) is 17.1 Å². The molecular weight excluding hydrogens is 238 g/mol. The number of carboxylic acid groups (broad SMARTS) is 1. The van der Waals surface area contributed by atoms with Gasteiger partial charge in [-0.05, 0) is 18.4 Å². The van der Waals surface area contributed by atoms with Gasteiger partial charge in [-0.2, -0.15) is 0 Å². The molecule has 0 amide bonds. The van der Waals surface area contributed by atoms with Gasteiger partial charge < -0.3 is 5.11 Å². The van der Waals surface area contributed by atoms with E-state index in [-0.39, 0.29) is 0 Å². The predicted molar refractivity (Wildman–Crippen MR) is 76.1 cm³/mol. The van der Waals surface area contributed by atoms with E-state index in [4.69, 9.17) is 0 Å². The first kappa shape index (κ1) is 14.1. The van der Waals surface area contributed by atoms with Crippen LogP contribution in [0.4, 0.5) is 0 Å². The van der Waals surface area contributed by atoms with E-state index in [2.05, 4.69) is 5.32 Å². The van der Waals surface area contributed by atoms with Gasteiger partial charge in [0.25, 0.3) is 0 Å². The van der Waals surface area contributed by atoms with E-state index in [1.807, 2.05) is 30.3 Å². The zero-order valence-corrected chi connectivity index (χ0v) is 11.3. The molecule has 1 aliphatic rings. The minimum atomic E-state index is -0.784. The minimum absolute atomic E-state index is 0.335. The fourth-order valence-electron chi connectivity index (χ4n) is 2.81. The van der Waals surface area contributed by atoms with Crippen LogP contribution in [0.1, 0.15) is 56.6 Å². The molecule has 1 fully saturated rings. The lowest BCUT2D eigenvalue weighted by atomic mass is 9.95. The smallest absolute Gasteiger partial charge is 0.325 e. The molecule has 1 aliphatic carbocycles. The number of rotatable bonds is 4. The Balaban J connectivity index is 2.01. The number of hydrogen-bond donors (Lipinski definition) is 2. The lowest BCUT2D eigenvalue weighted by Crippen LogP contribution is -2.37. The van der Waals surface area contributed by atoms with Gasteiger partial charge in [-0.1, -0.05) is 62.4 Å². The highest BCUT2D eigenvalue weighted by Gasteiger charge is 2.23. The Labute approximate surface area is 115 Å². The molecule has 0 aliphatic heterocycles. The topological polar surface area (TPSA) is 49.3 Å². The largest absolute Gasteiger partial charge is 0.480 e. The molecular formula is C16H23NO2. The second-order valence-corrected chi connectivity index (χ2v) is 5.39. The van der Waals surface area contributed by atoms with Crippen LogP contribution in [0.2, 0.25) is 0 Å². The Morgan fingerprint density at radius 1 is 1.05 bits per heavy atom. The number of carboxylic acids is 1. The summed E-state index contributed by atoms with van der Waals surface area (Å²) in [6.07, 6.45) is 8.49. The molecule has 0 heterocycles. The Bertz CT molecular complexity index is 383. The second-order valence-electron chi connectivity index (χ2n) is 5.39. The van der Waals surface area contributed by atoms with Crippen molar-refractivity contribution < 1.29 is 9.90 Å². The maximum atomic E-state index is 11.5. The second kappa shape index (κ2) is 7.29. The number of nitrogens with one attached hydrogen (secondary N) is 1. The van der Waals surface area contributed by atoms with Gasteiger partial charge in [0.1, 0.15) is 6.04 Å². The van der Waals surface area contributed by atoms with Crippen molar-refractivity contribution in [1.82, 2.24) is 5.32 Å². The molecule has 2 rings (SSSR count). The summed E-state index contributed by atoms with van der Waals surface area (Å²) in [4.78, 5) is 11.5. The van der Waals surface area contributed by atoms with Crippen molar-refractivity contribution in [3.8, 4) is 0 Å². The van der Waals surface area contributed by atoms with Crippen LogP contribution < -0.4 is 5.32 Å². The van der Waals surface area contributed by atoms with Crippen LogP contribution >= 0.6 is 0 Å². The number of hydrogen-bond acceptors (Lipinski definition) is 2. The van der Waals surface area contributed by atoms with Crippen LogP contribution in [0, 0.1) is 0 Å². The summed E-state index contributed by atoms with van der Waals surface area (Å²) in [5.41, 5.74) is 0.844. The van der Waals surface area contributed by atoms with E-state index >= 15 is 0 Å². The number of carbonyl (C=O) groups is 1. The normalized spacial score (nSPS) is 19.4. The van der Waals surface area contributed by atoms with Crippen LogP contribution in [0.25, 0.3) is 0 Å². The summed E-state index contributed by atoms with van der Waals surface area (Å²) in [5.74, 6) is -0.784. The van der Waals surface area contributed by atoms with E-state index in [1.54, 1.807) is 0 Å². The molecule has 1 aromatic carbocycles. The van der Waals surface area contributed by atoms with Crippen molar-refractivity contribution in [2.75, 3.05) is 0 Å². The van der Waals surface area contributed by atoms with E-state index in [9.17, 15) is 9.90 Å². The summed E-state index contributed by atoms with van der Waals surface area (Å²) in [6.45, 7) is 0. The Morgan fingerprint density at radius 3 is 2.21 bits per heavy atom. The molecule has 1 aromatic rings. The summed E-state index contributed by atoms with van der Waals surface area (Å²) >= 11 is 0. The maximum Gasteiger partial charge on any atom is 0.325 e. The molecule has 19 heavy (non-hydrogen) atoms. The molecule has 0 radical (unpaired) electrons. The molecule has 1 atom stereocenters. The van der Waals surface area contributed by atoms with E-state index in [1.165, 1.54) is 32.1 Å². The van der Waals surface area contributed by atoms with Gasteiger partial charge in [0.15, 0.2) is 0 Å². The molecule has 1 saturated carbocycles. The van der Waals surface area contributed by atoms with Gasteiger partial charge in [-0.3, -0.25) is 10.1 Å². The third kappa shape index (κ3) is 4.35. The van der Waals surface area contributed by atoms with E-state index in [0.717, 1.165) is 18.4 Å². The van der Waals surface area contributed by atoms with Gasteiger partial charge in [0, 0.05) is 6.04 Å². The zero-order valence-electron chi connectivity index (χ0n) is 11.3. The lowest BCUT2D eigenvalue weighted by Gasteiger charge is -2.25. The first-order chi connectivity index (χ1) is 9.27. The molecule has 3 heteroatoms. The standard InChI is InChI=1S/C16H23NO2/c18-16(19)15(13-9-5-4-6-10-13)17-14-11-7-2-1-3-8-12-14/h4-6,9-10,14-15,17H,1-3,7-8,11-12H2,(H,18,19). The fraction of sp³-hybridized carbons (Fsp3) is 0.562. The minimum Gasteiger partial charge on any atom is -0.480 e. The van der Waals surface area contributed by atoms with Gasteiger partial charge in [0.05, 0.1) is 0 Å². The van der Waals surface area contributed by atoms with Crippen LogP contribution in [0.3, 0.4) is 0 Å². The SMILES string of the molecule is O=C(O)C(NC1CCCCCCC1)c1ccccc1. The molecule has 0 spiro atoms. The molecule has 1 unspecified atom stereocenters. The lowest BCUT2D eigenvalue weighted by molar-refractivity contribution is -0.140. The highest BCUT2D eigenvalue weighted by molar-refractivity contribution is 5.75. The molecule has 2 N–H and O–H groups in total. The van der Waals surface area contributed by atoms with Gasteiger partial charge >= 0.3 is 5.97 Å². The zero-order chi connectivity index (χ0) is 13.5. The molecule has 0 saturated heterocycles. The van der Waals surface area contributed by atoms with Crippen molar-refractivity contribution >= 4 is 5.97 Å². The Kier molecular flexibility index (Phi) is 5.40. The van der Waals surface area contributed by atoms with Crippen LogP contribution in [0.15, 0.2) is 30.3 Å². The van der Waals surface area contributed by atoms with Gasteiger partial charge in [-0.25, -0.2) is 0 Å². The van der Waals surface area contributed by atoms with Gasteiger partial charge in [-0.15, -0.1) is 0 Å². The van der Waals surface area contributed by atoms with Crippen LogP contribution in [0.5, 0.6) is 0 Å². The summed E-state index contributed by atoms with van der Waals surface area (Å²) in [6, 6.07) is 9.23. The van der Waals surface area contributed by atoms with Crippen molar-refractivity contribution in [1.29, 1.82) is 0 Å². The highest BCUT2D eigenvalue weighted by atomic mass is 16.4. The number of benzene rings is 1. The average Bonchev–Trinajstić information content (AvgIpc) is 2.38. The first-order valence-corrected chi connectivity index (χ1v) is 7.31. The van der Waals surface area contributed by atoms with Crippen molar-refractivity contribution in [2.45, 2.75) is 57.0 Å². The third-order valence-electron chi connectivity index (χ3n) is 3.89. The van der Waals surface area contributed by atoms with E-state index in [0.29, 0.717) is 6.04 Å². The van der Waals surface area contributed by atoms with Gasteiger partial charge in [0.2, 0.25) is 0 Å². The Hall–Kier alpha value is -1.35. The highest BCUT2D eigenvalue weighted by Crippen LogP contribution is 2.21. The quantitative estimate of drug-likeness (QED) is 0.872. The first-order valence-electron chi connectivity index (χ1n) is 7.31. The monoisotopic (exact) mass is 261 g/mol. The average molecular weight is 261 g/mol. The summed E-state index contributed by atoms with van der Waals surface area (Å²) in [5, 5.41) is 12.8. The van der Waals surface area contributed by atoms with Crippen molar-refractivity contribution in [3.05, 3.63) is 35.9 Å². The van der Waals surface area contributed by atoms with Crippen molar-refractivity contribution in [2.24, 2.45) is 0 Å². The molecule has 104 valence electrons. The Morgan fingerprint density at radius 2 is 1.63 bits per heavy atom. The summed E-state index contributed by atoms with van der Waals surface area (Å²) in [7, 11) is 0. The predicted octanol–water partition coefficient (Wildman–Crippen LogP) is 3.51. The summed E-state index contributed by atoms with van der Waals surface area (Å²) < 4.78 is 0. The molecule has 3 nitrogen and oxygen atoms in total. The van der Waals surface area contributed by atoms with Crippen LogP contribution in [-0.2, 0) is 4.79 Å². The molecule has 0 aromatic heterocycles. The molecule has 0 bridgehead atoms. The third-order valence-corrected chi connectivity index (χ3v) is 3.89.